The van der Waals surface area contributed by atoms with Gasteiger partial charge in [-0.25, -0.2) is 14.5 Å². The van der Waals surface area contributed by atoms with Crippen molar-refractivity contribution < 1.29 is 38.9 Å². The minimum Gasteiger partial charge on any atom is -0.478 e. The van der Waals surface area contributed by atoms with Crippen LogP contribution in [0.1, 0.15) is 62.9 Å². The molecule has 3 amide bonds. The molecule has 3 N–H and O–H groups in total. The van der Waals surface area contributed by atoms with E-state index < -0.39 is 35.2 Å². The van der Waals surface area contributed by atoms with Crippen LogP contribution in [-0.2, 0) is 0 Å². The summed E-state index contributed by atoms with van der Waals surface area (Å²) in [5.41, 5.74) is 2.44. The molecule has 0 spiro atoms. The van der Waals surface area contributed by atoms with E-state index in [1.165, 1.54) is 30.3 Å². The summed E-state index contributed by atoms with van der Waals surface area (Å²) >= 11 is 0. The number of benzene rings is 4. The Morgan fingerprint density at radius 3 is 2.12 bits per heavy atom. The van der Waals surface area contributed by atoms with E-state index in [-0.39, 0.29) is 33.8 Å². The lowest BCUT2D eigenvalue weighted by Gasteiger charge is -2.15. The first-order chi connectivity index (χ1) is 19.5. The van der Waals surface area contributed by atoms with E-state index in [1.54, 1.807) is 30.3 Å². The van der Waals surface area contributed by atoms with Crippen molar-refractivity contribution in [3.63, 3.8) is 0 Å². The summed E-state index contributed by atoms with van der Waals surface area (Å²) in [5, 5.41) is 21.2. The number of imide groups is 1. The monoisotopic (exact) mass is 550 g/mol. The maximum absolute atomic E-state index is 13.2. The lowest BCUT2D eigenvalue weighted by molar-refractivity contribution is 0.0651. The Labute approximate surface area is 233 Å². The van der Waals surface area contributed by atoms with Crippen LogP contribution in [-0.4, -0.2) is 39.9 Å². The smallest absolute Gasteiger partial charge is 0.336 e. The number of aryl methyl sites for hydroxylation is 2. The van der Waals surface area contributed by atoms with E-state index in [4.69, 9.17) is 4.74 Å². The summed E-state index contributed by atoms with van der Waals surface area (Å²) in [6, 6.07) is 19.4. The molecule has 10 nitrogen and oxygen atoms in total. The summed E-state index contributed by atoms with van der Waals surface area (Å²) in [4.78, 5) is 63.0. The van der Waals surface area contributed by atoms with Gasteiger partial charge in [-0.2, -0.15) is 0 Å². The number of ether oxygens (including phenoxy) is 1. The fourth-order valence-electron chi connectivity index (χ4n) is 4.41. The van der Waals surface area contributed by atoms with E-state index in [2.05, 4.69) is 5.32 Å². The lowest BCUT2D eigenvalue weighted by Crippen LogP contribution is -2.29. The van der Waals surface area contributed by atoms with Crippen LogP contribution in [0.4, 0.5) is 11.4 Å². The molecule has 0 atom stereocenters. The van der Waals surface area contributed by atoms with Gasteiger partial charge in [0.15, 0.2) is 0 Å². The molecule has 0 aromatic heterocycles. The maximum Gasteiger partial charge on any atom is 0.336 e. The van der Waals surface area contributed by atoms with Crippen molar-refractivity contribution in [1.29, 1.82) is 0 Å². The van der Waals surface area contributed by atoms with Crippen molar-refractivity contribution in [2.24, 2.45) is 0 Å². The third-order valence-corrected chi connectivity index (χ3v) is 6.68. The van der Waals surface area contributed by atoms with E-state index in [1.807, 2.05) is 19.9 Å². The fourth-order valence-corrected chi connectivity index (χ4v) is 4.41. The molecular weight excluding hydrogens is 528 g/mol. The van der Waals surface area contributed by atoms with Gasteiger partial charge in [0.25, 0.3) is 17.7 Å². The Morgan fingerprint density at radius 2 is 1.41 bits per heavy atom. The standard InChI is InChI=1S/C31H22N2O8/c1-16-6-8-20(12-17(16)2)33-28(35)23-10-7-18(13-25(23)29(33)36)27(34)32-19-4-3-5-21(14-19)41-22-9-11-24(30(37)38)26(15-22)31(39)40/h3-15H,1-2H3,(H,32,34)(H,37,38)(H,39,40). The predicted octanol–water partition coefficient (Wildman–Crippen LogP) is 5.55. The Kier molecular flexibility index (Phi) is 6.82. The second kappa shape index (κ2) is 10.4. The van der Waals surface area contributed by atoms with Crippen LogP contribution in [0.5, 0.6) is 11.5 Å². The van der Waals surface area contributed by atoms with Crippen molar-refractivity contribution in [3.05, 3.63) is 118 Å². The van der Waals surface area contributed by atoms with Crippen LogP contribution in [0.15, 0.2) is 78.9 Å². The Morgan fingerprint density at radius 1 is 0.707 bits per heavy atom. The first-order valence-corrected chi connectivity index (χ1v) is 12.3. The molecule has 204 valence electrons. The summed E-state index contributed by atoms with van der Waals surface area (Å²) in [7, 11) is 0. The van der Waals surface area contributed by atoms with Gasteiger partial charge >= 0.3 is 11.9 Å². The first-order valence-electron chi connectivity index (χ1n) is 12.3. The minimum atomic E-state index is -1.42. The van der Waals surface area contributed by atoms with E-state index in [9.17, 15) is 34.2 Å². The molecule has 4 aromatic rings. The molecule has 0 radical (unpaired) electrons. The molecule has 41 heavy (non-hydrogen) atoms. The second-order valence-corrected chi connectivity index (χ2v) is 9.38. The van der Waals surface area contributed by atoms with E-state index >= 15 is 0 Å². The molecule has 1 heterocycles. The molecule has 0 unspecified atom stereocenters. The third kappa shape index (κ3) is 5.13. The minimum absolute atomic E-state index is 0.0889. The molecule has 10 heteroatoms. The molecule has 0 saturated carbocycles. The van der Waals surface area contributed by atoms with Crippen LogP contribution < -0.4 is 15.0 Å². The van der Waals surface area contributed by atoms with Crippen LogP contribution >= 0.6 is 0 Å². The van der Waals surface area contributed by atoms with Crippen LogP contribution in [0.2, 0.25) is 0 Å². The van der Waals surface area contributed by atoms with Crippen LogP contribution in [0, 0.1) is 13.8 Å². The molecular formula is C31H22N2O8. The van der Waals surface area contributed by atoms with Gasteiger partial charge in [0.2, 0.25) is 0 Å². The van der Waals surface area contributed by atoms with Crippen molar-refractivity contribution >= 4 is 41.0 Å². The Bertz CT molecular complexity index is 1790. The number of nitrogens with one attached hydrogen (secondary N) is 1. The Balaban J connectivity index is 1.34. The number of hydrogen-bond acceptors (Lipinski definition) is 6. The quantitative estimate of drug-likeness (QED) is 0.254. The van der Waals surface area contributed by atoms with Crippen LogP contribution in [0.3, 0.4) is 0 Å². The fraction of sp³-hybridized carbons (Fsp3) is 0.0645. The van der Waals surface area contributed by atoms with Crippen molar-refractivity contribution in [2.75, 3.05) is 10.2 Å². The van der Waals surface area contributed by atoms with Crippen molar-refractivity contribution in [1.82, 2.24) is 0 Å². The molecule has 0 fully saturated rings. The van der Waals surface area contributed by atoms with Gasteiger partial charge in [0.1, 0.15) is 11.5 Å². The van der Waals surface area contributed by atoms with Crippen LogP contribution in [0.25, 0.3) is 0 Å². The zero-order chi connectivity index (χ0) is 29.4. The van der Waals surface area contributed by atoms with E-state index in [0.717, 1.165) is 28.2 Å². The van der Waals surface area contributed by atoms with Gasteiger partial charge in [-0.15, -0.1) is 0 Å². The number of aromatic carboxylic acids is 2. The number of nitrogens with zero attached hydrogens (tertiary/aromatic N) is 1. The number of carbonyl (C=O) groups excluding carboxylic acids is 3. The van der Waals surface area contributed by atoms with Gasteiger partial charge in [-0.3, -0.25) is 14.4 Å². The second-order valence-electron chi connectivity index (χ2n) is 9.38. The number of amides is 3. The summed E-state index contributed by atoms with van der Waals surface area (Å²) in [5.74, 6) is -3.98. The summed E-state index contributed by atoms with van der Waals surface area (Å²) in [6.07, 6.45) is 0. The third-order valence-electron chi connectivity index (χ3n) is 6.68. The van der Waals surface area contributed by atoms with Gasteiger partial charge in [-0.05, 0) is 85.6 Å². The average Bonchev–Trinajstić information content (AvgIpc) is 3.19. The molecule has 0 saturated heterocycles. The molecule has 4 aromatic carbocycles. The maximum atomic E-state index is 13.2. The largest absolute Gasteiger partial charge is 0.478 e. The number of carboxylic acid groups (broad SMARTS) is 2. The average molecular weight is 551 g/mol. The highest BCUT2D eigenvalue weighted by Gasteiger charge is 2.37. The topological polar surface area (TPSA) is 150 Å². The summed E-state index contributed by atoms with van der Waals surface area (Å²) < 4.78 is 5.69. The zero-order valence-electron chi connectivity index (χ0n) is 21.8. The van der Waals surface area contributed by atoms with Gasteiger partial charge in [0.05, 0.1) is 27.9 Å². The molecule has 5 rings (SSSR count). The number of fused-ring (bicyclic) bond motifs is 1. The SMILES string of the molecule is Cc1ccc(N2C(=O)c3ccc(C(=O)Nc4cccc(Oc5ccc(C(=O)O)c(C(=O)O)c5)c4)cc3C2=O)cc1C. The highest BCUT2D eigenvalue weighted by Crippen LogP contribution is 2.31. The van der Waals surface area contributed by atoms with Crippen molar-refractivity contribution in [2.45, 2.75) is 13.8 Å². The first kappa shape index (κ1) is 26.8. The molecule has 0 bridgehead atoms. The predicted molar refractivity (Wildman–Crippen MR) is 148 cm³/mol. The number of hydrogen-bond donors (Lipinski definition) is 3. The number of carbonyl (C=O) groups is 5. The van der Waals surface area contributed by atoms with Crippen molar-refractivity contribution in [3.8, 4) is 11.5 Å². The Hall–Kier alpha value is -5.77. The molecule has 0 aliphatic carbocycles. The number of rotatable bonds is 7. The highest BCUT2D eigenvalue weighted by atomic mass is 16.5. The lowest BCUT2D eigenvalue weighted by atomic mass is 10.1. The zero-order valence-corrected chi connectivity index (χ0v) is 21.8. The molecule has 1 aliphatic rings. The van der Waals surface area contributed by atoms with Gasteiger partial charge in [-0.1, -0.05) is 12.1 Å². The van der Waals surface area contributed by atoms with E-state index in [0.29, 0.717) is 11.4 Å². The van der Waals surface area contributed by atoms with Gasteiger partial charge < -0.3 is 20.3 Å². The highest BCUT2D eigenvalue weighted by molar-refractivity contribution is 6.34. The number of anilines is 2. The number of carboxylic acids is 2. The van der Waals surface area contributed by atoms with Gasteiger partial charge in [0, 0.05) is 17.3 Å². The molecule has 1 aliphatic heterocycles. The normalized spacial score (nSPS) is 12.2. The summed E-state index contributed by atoms with van der Waals surface area (Å²) in [6.45, 7) is 3.82.